The van der Waals surface area contributed by atoms with Crippen LogP contribution in [0.4, 0.5) is 11.5 Å². The summed E-state index contributed by atoms with van der Waals surface area (Å²) in [5.74, 6) is 1.23. The van der Waals surface area contributed by atoms with Gasteiger partial charge < -0.3 is 4.90 Å². The lowest BCUT2D eigenvalue weighted by molar-refractivity contribution is 0.969. The molecule has 2 heteroatoms. The monoisotopic (exact) mass is 360 g/mol. The van der Waals surface area contributed by atoms with Crippen molar-refractivity contribution >= 4 is 33.2 Å². The smallest absolute Gasteiger partial charge is 0.118 e. The molecule has 1 aromatic heterocycles. The van der Waals surface area contributed by atoms with Crippen molar-refractivity contribution in [3.8, 4) is 16.8 Å². The summed E-state index contributed by atoms with van der Waals surface area (Å²) in [6, 6.07) is 33.0. The average Bonchev–Trinajstić information content (AvgIpc) is 3.07. The SMILES string of the molecule is CCN1c2ccccc2-c2c(ccc3ccccc23)-n2c1cc1ccccc12. The number of hydrogen-bond donors (Lipinski definition) is 0. The molecule has 0 saturated carbocycles. The second kappa shape index (κ2) is 5.74. The van der Waals surface area contributed by atoms with E-state index in [9.17, 15) is 0 Å². The topological polar surface area (TPSA) is 8.17 Å². The van der Waals surface area contributed by atoms with Crippen LogP contribution in [0.15, 0.2) is 91.0 Å². The molecule has 28 heavy (non-hydrogen) atoms. The number of aromatic nitrogens is 1. The first kappa shape index (κ1) is 15.5. The summed E-state index contributed by atoms with van der Waals surface area (Å²) < 4.78 is 2.43. The van der Waals surface area contributed by atoms with Gasteiger partial charge in [0.1, 0.15) is 5.82 Å². The van der Waals surface area contributed by atoms with E-state index in [0.717, 1.165) is 6.54 Å². The first-order chi connectivity index (χ1) is 13.9. The van der Waals surface area contributed by atoms with Gasteiger partial charge in [-0.2, -0.15) is 0 Å². The van der Waals surface area contributed by atoms with Gasteiger partial charge in [-0.15, -0.1) is 0 Å². The Morgan fingerprint density at radius 3 is 2.32 bits per heavy atom. The van der Waals surface area contributed by atoms with Crippen LogP contribution in [0.2, 0.25) is 0 Å². The molecule has 134 valence electrons. The van der Waals surface area contributed by atoms with Crippen LogP contribution in [0.25, 0.3) is 38.5 Å². The molecule has 0 atom stereocenters. The zero-order valence-corrected chi connectivity index (χ0v) is 15.8. The Bertz CT molecular complexity index is 1360. The first-order valence-electron chi connectivity index (χ1n) is 9.86. The molecule has 1 aliphatic heterocycles. The van der Waals surface area contributed by atoms with Crippen LogP contribution in [-0.4, -0.2) is 11.1 Å². The van der Waals surface area contributed by atoms with Crippen molar-refractivity contribution in [1.82, 2.24) is 4.57 Å². The largest absolute Gasteiger partial charge is 0.327 e. The van der Waals surface area contributed by atoms with Gasteiger partial charge in [-0.1, -0.05) is 66.7 Å². The first-order valence-corrected chi connectivity index (χ1v) is 9.86. The zero-order valence-electron chi connectivity index (χ0n) is 15.8. The Labute approximate surface area is 164 Å². The third kappa shape index (κ3) is 1.97. The molecule has 0 N–H and O–H groups in total. The van der Waals surface area contributed by atoms with Gasteiger partial charge in [0.05, 0.1) is 16.9 Å². The van der Waals surface area contributed by atoms with Gasteiger partial charge in [0, 0.05) is 23.1 Å². The maximum Gasteiger partial charge on any atom is 0.118 e. The number of anilines is 2. The van der Waals surface area contributed by atoms with E-state index in [1.54, 1.807) is 0 Å². The van der Waals surface area contributed by atoms with Crippen molar-refractivity contribution < 1.29 is 0 Å². The predicted molar refractivity (Wildman–Crippen MR) is 119 cm³/mol. The van der Waals surface area contributed by atoms with Crippen LogP contribution in [-0.2, 0) is 0 Å². The summed E-state index contributed by atoms with van der Waals surface area (Å²) in [7, 11) is 0. The average molecular weight is 360 g/mol. The highest BCUT2D eigenvalue weighted by Gasteiger charge is 2.26. The Kier molecular flexibility index (Phi) is 3.18. The maximum absolute atomic E-state index is 2.43. The third-order valence-corrected chi connectivity index (χ3v) is 5.90. The van der Waals surface area contributed by atoms with Crippen molar-refractivity contribution in [2.75, 3.05) is 11.4 Å². The molecule has 1 aliphatic rings. The van der Waals surface area contributed by atoms with E-state index in [0.29, 0.717) is 0 Å². The molecule has 0 unspecified atom stereocenters. The highest BCUT2D eigenvalue weighted by atomic mass is 15.3. The van der Waals surface area contributed by atoms with Gasteiger partial charge in [0.15, 0.2) is 0 Å². The third-order valence-electron chi connectivity index (χ3n) is 5.90. The lowest BCUT2D eigenvalue weighted by Gasteiger charge is -2.23. The van der Waals surface area contributed by atoms with E-state index < -0.39 is 0 Å². The molecule has 6 rings (SSSR count). The highest BCUT2D eigenvalue weighted by molar-refractivity contribution is 6.07. The molecule has 0 aliphatic carbocycles. The quantitative estimate of drug-likeness (QED) is 0.315. The lowest BCUT2D eigenvalue weighted by Crippen LogP contribution is -2.18. The summed E-state index contributed by atoms with van der Waals surface area (Å²) in [5, 5.41) is 3.85. The molecule has 5 aromatic rings. The van der Waals surface area contributed by atoms with Crippen LogP contribution in [0, 0.1) is 0 Å². The minimum atomic E-state index is 0.916. The number of para-hydroxylation sites is 2. The molecule has 0 amide bonds. The molecule has 4 aromatic carbocycles. The second-order valence-corrected chi connectivity index (χ2v) is 7.34. The van der Waals surface area contributed by atoms with E-state index in [1.807, 2.05) is 0 Å². The summed E-state index contributed by atoms with van der Waals surface area (Å²) >= 11 is 0. The van der Waals surface area contributed by atoms with E-state index in [2.05, 4.69) is 107 Å². The van der Waals surface area contributed by atoms with Crippen molar-refractivity contribution in [3.63, 3.8) is 0 Å². The fourth-order valence-electron chi connectivity index (χ4n) is 4.70. The standard InChI is InChI=1S/C26H20N2/c1-2-27-23-14-8-6-12-21(23)26-20-11-5-3-9-18(20)15-16-24(26)28-22-13-7-4-10-19(22)17-25(27)28/h3-17H,2H2,1H3. The van der Waals surface area contributed by atoms with Gasteiger partial charge in [-0.25, -0.2) is 0 Å². The fourth-order valence-corrected chi connectivity index (χ4v) is 4.70. The molecule has 0 radical (unpaired) electrons. The van der Waals surface area contributed by atoms with E-state index in [-0.39, 0.29) is 0 Å². The number of nitrogens with zero attached hydrogens (tertiary/aromatic N) is 2. The molecular weight excluding hydrogens is 340 g/mol. The minimum absolute atomic E-state index is 0.916. The van der Waals surface area contributed by atoms with Crippen LogP contribution >= 0.6 is 0 Å². The van der Waals surface area contributed by atoms with Gasteiger partial charge in [-0.05, 0) is 42.0 Å². The normalized spacial score (nSPS) is 12.5. The number of hydrogen-bond acceptors (Lipinski definition) is 1. The molecule has 0 fully saturated rings. The zero-order chi connectivity index (χ0) is 18.7. The summed E-state index contributed by atoms with van der Waals surface area (Å²) in [4.78, 5) is 2.43. The van der Waals surface area contributed by atoms with Crippen LogP contribution in [0.1, 0.15) is 6.92 Å². The molecule has 0 bridgehead atoms. The van der Waals surface area contributed by atoms with Gasteiger partial charge in [0.2, 0.25) is 0 Å². The van der Waals surface area contributed by atoms with Gasteiger partial charge in [0.25, 0.3) is 0 Å². The van der Waals surface area contributed by atoms with Gasteiger partial charge in [-0.3, -0.25) is 4.57 Å². The Balaban J connectivity index is 1.87. The van der Waals surface area contributed by atoms with E-state index in [1.165, 1.54) is 50.0 Å². The Hall–Kier alpha value is -3.52. The number of fused-ring (bicyclic) bond motifs is 9. The number of rotatable bonds is 1. The Morgan fingerprint density at radius 1 is 0.679 bits per heavy atom. The summed E-state index contributed by atoms with van der Waals surface area (Å²) in [6.45, 7) is 3.14. The van der Waals surface area contributed by atoms with Crippen molar-refractivity contribution in [2.24, 2.45) is 0 Å². The van der Waals surface area contributed by atoms with Crippen molar-refractivity contribution in [2.45, 2.75) is 6.92 Å². The number of benzene rings is 4. The summed E-state index contributed by atoms with van der Waals surface area (Å²) in [6.07, 6.45) is 0. The highest BCUT2D eigenvalue weighted by Crippen LogP contribution is 2.47. The van der Waals surface area contributed by atoms with E-state index >= 15 is 0 Å². The molecule has 2 nitrogen and oxygen atoms in total. The molecule has 2 heterocycles. The van der Waals surface area contributed by atoms with Crippen LogP contribution in [0.5, 0.6) is 0 Å². The van der Waals surface area contributed by atoms with Gasteiger partial charge >= 0.3 is 0 Å². The lowest BCUT2D eigenvalue weighted by atomic mass is 9.95. The second-order valence-electron chi connectivity index (χ2n) is 7.34. The van der Waals surface area contributed by atoms with Crippen molar-refractivity contribution in [1.29, 1.82) is 0 Å². The molecule has 0 spiro atoms. The van der Waals surface area contributed by atoms with Crippen LogP contribution < -0.4 is 4.90 Å². The summed E-state index contributed by atoms with van der Waals surface area (Å²) in [5.41, 5.74) is 6.37. The fraction of sp³-hybridized carbons (Fsp3) is 0.0769. The Morgan fingerprint density at radius 2 is 1.43 bits per heavy atom. The van der Waals surface area contributed by atoms with Crippen LogP contribution in [0.3, 0.4) is 0 Å². The minimum Gasteiger partial charge on any atom is -0.327 e. The molecular formula is C26H20N2. The molecule has 0 saturated heterocycles. The maximum atomic E-state index is 2.43. The van der Waals surface area contributed by atoms with Crippen molar-refractivity contribution in [3.05, 3.63) is 91.0 Å². The van der Waals surface area contributed by atoms with E-state index in [4.69, 9.17) is 0 Å². The predicted octanol–water partition coefficient (Wildman–Crippen LogP) is 6.92.